The van der Waals surface area contributed by atoms with Gasteiger partial charge in [-0.1, -0.05) is 0 Å². The second-order valence-electron chi connectivity index (χ2n) is 11.6. The normalized spacial score (nSPS) is 23.9. The van der Waals surface area contributed by atoms with Gasteiger partial charge in [0, 0.05) is 58.2 Å². The maximum atomic E-state index is 11.5. The maximum Gasteiger partial charge on any atom is 0.410 e. The Morgan fingerprint density at radius 1 is 0.778 bits per heavy atom. The van der Waals surface area contributed by atoms with Crippen molar-refractivity contribution < 1.29 is 14.3 Å². The molecule has 0 atom stereocenters. The Morgan fingerprint density at radius 2 is 1.39 bits per heavy atom. The summed E-state index contributed by atoms with van der Waals surface area (Å²) in [5.41, 5.74) is -0.460. The molecule has 0 radical (unpaired) electrons. The first-order valence-corrected chi connectivity index (χ1v) is 14.2. The molecular weight excluding hydrogens is 456 g/mol. The second kappa shape index (κ2) is 16.6. The van der Waals surface area contributed by atoms with Crippen LogP contribution in [-0.2, 0) is 9.53 Å². The van der Waals surface area contributed by atoms with Crippen molar-refractivity contribution in [1.29, 1.82) is 0 Å². The van der Waals surface area contributed by atoms with E-state index in [1.807, 2.05) is 20.8 Å². The lowest BCUT2D eigenvalue weighted by atomic mass is 10.0. The van der Waals surface area contributed by atoms with Gasteiger partial charge in [-0.25, -0.2) is 4.79 Å². The number of likely N-dealkylation sites (tertiary alicyclic amines) is 1. The molecule has 4 fully saturated rings. The Morgan fingerprint density at radius 3 is 2.06 bits per heavy atom. The van der Waals surface area contributed by atoms with Crippen molar-refractivity contribution in [3.05, 3.63) is 0 Å². The van der Waals surface area contributed by atoms with Gasteiger partial charge in [-0.15, -0.1) is 0 Å². The van der Waals surface area contributed by atoms with Crippen molar-refractivity contribution in [3.63, 3.8) is 0 Å². The quantitative estimate of drug-likeness (QED) is 0.554. The first-order chi connectivity index (χ1) is 17.1. The van der Waals surface area contributed by atoms with Gasteiger partial charge in [-0.2, -0.15) is 0 Å². The van der Waals surface area contributed by atoms with E-state index in [0.717, 1.165) is 12.6 Å². The molecule has 9 heteroatoms. The largest absolute Gasteiger partial charge is 0.444 e. The number of hydrogen-bond acceptors (Lipinski definition) is 8. The number of carbonyl (C=O) groups is 2. The lowest BCUT2D eigenvalue weighted by molar-refractivity contribution is -0.121. The number of rotatable bonds is 1. The van der Waals surface area contributed by atoms with E-state index in [9.17, 15) is 9.59 Å². The molecule has 36 heavy (non-hydrogen) atoms. The van der Waals surface area contributed by atoms with Crippen LogP contribution >= 0.6 is 0 Å². The van der Waals surface area contributed by atoms with Crippen LogP contribution in [0.4, 0.5) is 4.79 Å². The Balaban J connectivity index is 0.000000198. The minimum Gasteiger partial charge on any atom is -0.444 e. The average molecular weight is 511 g/mol. The molecule has 2 N–H and O–H groups in total. The smallest absolute Gasteiger partial charge is 0.410 e. The van der Waals surface area contributed by atoms with Gasteiger partial charge in [-0.05, 0) is 99.8 Å². The van der Waals surface area contributed by atoms with Gasteiger partial charge in [0.05, 0.1) is 0 Å². The standard InChI is InChI=1S/C11H23N3.C10H17NO3.C6H14N2/c1-13-7-2-8-14(10-9-13)11-3-5-12-6-4-11;1-10(2,3)14-9(13)11-6-4-8(12)5-7-11;1-8-5-2-3-7-4-6-8/h11-12H,2-10H2,1H3;4-7H2,1-3H3;7H,2-6H2,1H3. The molecule has 4 rings (SSSR count). The van der Waals surface area contributed by atoms with E-state index in [2.05, 4.69) is 39.4 Å². The van der Waals surface area contributed by atoms with Crippen molar-refractivity contribution in [3.8, 4) is 0 Å². The number of hydrogen-bond donors (Lipinski definition) is 2. The highest BCUT2D eigenvalue weighted by Gasteiger charge is 2.25. The number of nitrogens with one attached hydrogen (secondary N) is 2. The third-order valence-corrected chi connectivity index (χ3v) is 7.12. The summed E-state index contributed by atoms with van der Waals surface area (Å²) < 4.78 is 5.19. The molecule has 0 aromatic rings. The third-order valence-electron chi connectivity index (χ3n) is 7.12. The number of likely N-dealkylation sites (N-methyl/N-ethyl adjacent to an activating group) is 2. The predicted molar refractivity (Wildman–Crippen MR) is 147 cm³/mol. The van der Waals surface area contributed by atoms with Crippen LogP contribution in [0, 0.1) is 0 Å². The van der Waals surface area contributed by atoms with Gasteiger partial charge >= 0.3 is 6.09 Å². The third kappa shape index (κ3) is 13.3. The molecule has 1 amide bonds. The first kappa shape index (κ1) is 31.0. The van der Waals surface area contributed by atoms with Gasteiger partial charge in [0.2, 0.25) is 0 Å². The summed E-state index contributed by atoms with van der Waals surface area (Å²) in [4.78, 5) is 31.6. The van der Waals surface area contributed by atoms with Crippen LogP contribution in [-0.4, -0.2) is 136 Å². The molecule has 0 aromatic heterocycles. The molecular formula is C27H54N6O3. The molecule has 4 aliphatic heterocycles. The monoisotopic (exact) mass is 510 g/mol. The Kier molecular flexibility index (Phi) is 14.2. The second-order valence-corrected chi connectivity index (χ2v) is 11.6. The van der Waals surface area contributed by atoms with Crippen LogP contribution in [0.3, 0.4) is 0 Å². The van der Waals surface area contributed by atoms with E-state index in [1.165, 1.54) is 84.6 Å². The molecule has 0 bridgehead atoms. The number of carbonyl (C=O) groups excluding carboxylic acids is 2. The van der Waals surface area contributed by atoms with Crippen molar-refractivity contribution in [1.82, 2.24) is 30.2 Å². The maximum absolute atomic E-state index is 11.5. The summed E-state index contributed by atoms with van der Waals surface area (Å²) in [6, 6.07) is 0.864. The van der Waals surface area contributed by atoms with Crippen LogP contribution in [0.5, 0.6) is 0 Å². The minimum atomic E-state index is -0.460. The lowest BCUT2D eigenvalue weighted by Crippen LogP contribution is -2.44. The fourth-order valence-electron chi connectivity index (χ4n) is 4.85. The fourth-order valence-corrected chi connectivity index (χ4v) is 4.85. The Labute approximate surface area is 220 Å². The summed E-state index contributed by atoms with van der Waals surface area (Å²) in [6.45, 7) is 18.9. The average Bonchev–Trinajstić information content (AvgIpc) is 3.22. The molecule has 0 unspecified atom stereocenters. The molecule has 4 saturated heterocycles. The topological polar surface area (TPSA) is 80.4 Å². The molecule has 4 aliphatic rings. The highest BCUT2D eigenvalue weighted by molar-refractivity contribution is 5.81. The lowest BCUT2D eigenvalue weighted by Gasteiger charge is -2.33. The number of Topliss-reactive ketones (excluding diaryl/α,β-unsaturated/α-hetero) is 1. The molecule has 0 aliphatic carbocycles. The van der Waals surface area contributed by atoms with Crippen molar-refractivity contribution in [2.45, 2.75) is 70.9 Å². The zero-order valence-electron chi connectivity index (χ0n) is 23.8. The molecule has 0 aromatic carbocycles. The number of piperidine rings is 2. The zero-order chi connectivity index (χ0) is 26.4. The zero-order valence-corrected chi connectivity index (χ0v) is 23.8. The van der Waals surface area contributed by atoms with Crippen LogP contribution in [0.15, 0.2) is 0 Å². The van der Waals surface area contributed by atoms with Crippen molar-refractivity contribution >= 4 is 11.9 Å². The number of amides is 1. The summed E-state index contributed by atoms with van der Waals surface area (Å²) >= 11 is 0. The summed E-state index contributed by atoms with van der Waals surface area (Å²) in [5, 5.41) is 6.78. The van der Waals surface area contributed by atoms with Gasteiger partial charge in [-0.3, -0.25) is 9.69 Å². The Hall–Kier alpha value is -1.26. The molecule has 0 saturated carbocycles. The number of nitrogens with zero attached hydrogens (tertiary/aromatic N) is 4. The van der Waals surface area contributed by atoms with Crippen LogP contribution in [0.2, 0.25) is 0 Å². The highest BCUT2D eigenvalue weighted by atomic mass is 16.6. The van der Waals surface area contributed by atoms with Gasteiger partial charge in [0.25, 0.3) is 0 Å². The Bertz CT molecular complexity index is 617. The first-order valence-electron chi connectivity index (χ1n) is 14.2. The van der Waals surface area contributed by atoms with E-state index >= 15 is 0 Å². The van der Waals surface area contributed by atoms with Gasteiger partial charge < -0.3 is 30.1 Å². The number of ketones is 1. The molecule has 9 nitrogen and oxygen atoms in total. The fraction of sp³-hybridized carbons (Fsp3) is 0.926. The van der Waals surface area contributed by atoms with Crippen LogP contribution < -0.4 is 10.6 Å². The molecule has 4 heterocycles. The van der Waals surface area contributed by atoms with Crippen molar-refractivity contribution in [2.24, 2.45) is 0 Å². The molecule has 210 valence electrons. The minimum absolute atomic E-state index is 0.227. The summed E-state index contributed by atoms with van der Waals surface area (Å²) in [6.07, 6.45) is 5.95. The highest BCUT2D eigenvalue weighted by Crippen LogP contribution is 2.14. The van der Waals surface area contributed by atoms with E-state index in [-0.39, 0.29) is 11.9 Å². The predicted octanol–water partition coefficient (Wildman–Crippen LogP) is 1.87. The molecule has 0 spiro atoms. The van der Waals surface area contributed by atoms with Crippen LogP contribution in [0.1, 0.15) is 59.3 Å². The summed E-state index contributed by atoms with van der Waals surface area (Å²) in [7, 11) is 4.42. The van der Waals surface area contributed by atoms with E-state index in [0.29, 0.717) is 25.9 Å². The van der Waals surface area contributed by atoms with E-state index in [1.54, 1.807) is 4.90 Å². The van der Waals surface area contributed by atoms with E-state index in [4.69, 9.17) is 4.74 Å². The van der Waals surface area contributed by atoms with Crippen molar-refractivity contribution in [2.75, 3.05) is 92.6 Å². The van der Waals surface area contributed by atoms with E-state index < -0.39 is 5.60 Å². The number of ether oxygens (including phenoxy) is 1. The SMILES string of the molecule is CC(C)(C)OC(=O)N1CCC(=O)CC1.CN1CCCN(C2CCNCC2)CC1.CN1CCCNCC1. The van der Waals surface area contributed by atoms with Crippen LogP contribution in [0.25, 0.3) is 0 Å². The van der Waals surface area contributed by atoms with Gasteiger partial charge in [0.1, 0.15) is 11.4 Å². The van der Waals surface area contributed by atoms with Gasteiger partial charge in [0.15, 0.2) is 0 Å². The summed E-state index contributed by atoms with van der Waals surface area (Å²) in [5.74, 6) is 0.227.